The number of amides is 1. The van der Waals surface area contributed by atoms with Gasteiger partial charge in [0.1, 0.15) is 11.8 Å². The van der Waals surface area contributed by atoms with E-state index in [0.29, 0.717) is 42.1 Å². The molecule has 0 aliphatic carbocycles. The third-order valence-electron chi connectivity index (χ3n) is 9.38. The summed E-state index contributed by atoms with van der Waals surface area (Å²) in [6.07, 6.45) is 1.39. The number of rotatable bonds is 5. The van der Waals surface area contributed by atoms with E-state index >= 15 is 0 Å². The second-order valence-corrected chi connectivity index (χ2v) is 12.2. The van der Waals surface area contributed by atoms with Crippen LogP contribution in [0.1, 0.15) is 65.7 Å². The fourth-order valence-corrected chi connectivity index (χ4v) is 7.70. The molecule has 1 amide bonds. The number of aryl methyl sites for hydroxylation is 1. The van der Waals surface area contributed by atoms with Crippen molar-refractivity contribution in [3.05, 3.63) is 39.4 Å². The number of nitrogens with one attached hydrogen (secondary N) is 1. The van der Waals surface area contributed by atoms with Crippen LogP contribution in [0.15, 0.2) is 6.07 Å². The van der Waals surface area contributed by atoms with Gasteiger partial charge in [-0.05, 0) is 50.8 Å². The number of carbonyl (C=O) groups is 1. The van der Waals surface area contributed by atoms with E-state index < -0.39 is 12.1 Å². The second-order valence-electron chi connectivity index (χ2n) is 12.2. The van der Waals surface area contributed by atoms with Gasteiger partial charge in [0.2, 0.25) is 12.7 Å². The Morgan fingerprint density at radius 2 is 1.88 bits per heavy atom. The molecular formula is C31H38AcN4O6. The molecule has 4 heterocycles. The van der Waals surface area contributed by atoms with Crippen LogP contribution in [0.3, 0.4) is 0 Å². The quantitative estimate of drug-likeness (QED) is 0.418. The monoisotopic (exact) mass is 789 g/mol. The molecule has 2 aromatic rings. The molecule has 2 aromatic carbocycles. The number of phenols is 2. The van der Waals surface area contributed by atoms with Crippen LogP contribution < -0.4 is 19.5 Å². The number of hydrogen-bond acceptors (Lipinski definition) is 9. The molecule has 2 bridgehead atoms. The molecule has 42 heavy (non-hydrogen) atoms. The van der Waals surface area contributed by atoms with Crippen LogP contribution in [0.25, 0.3) is 0 Å². The fourth-order valence-electron chi connectivity index (χ4n) is 7.70. The number of methoxy groups -OCH3 is 1. The van der Waals surface area contributed by atoms with Crippen molar-refractivity contribution in [2.75, 3.05) is 27.5 Å². The van der Waals surface area contributed by atoms with Gasteiger partial charge < -0.3 is 29.7 Å². The predicted molar refractivity (Wildman–Crippen MR) is 150 cm³/mol. The summed E-state index contributed by atoms with van der Waals surface area (Å²) in [4.78, 5) is 17.3. The molecule has 3 N–H and O–H groups in total. The van der Waals surface area contributed by atoms with Crippen molar-refractivity contribution in [3.63, 3.8) is 0 Å². The van der Waals surface area contributed by atoms with E-state index in [0.717, 1.165) is 27.8 Å². The zero-order chi connectivity index (χ0) is 29.3. The van der Waals surface area contributed by atoms with Crippen LogP contribution in [-0.2, 0) is 17.6 Å². The number of fused-ring (bicyclic) bond motifs is 9. The van der Waals surface area contributed by atoms with Crippen LogP contribution in [0.2, 0.25) is 0 Å². The topological polar surface area (TPSA) is 128 Å². The molecule has 1 fully saturated rings. The van der Waals surface area contributed by atoms with Crippen molar-refractivity contribution in [2.45, 2.75) is 77.2 Å². The number of aromatic hydroxyl groups is 2. The zero-order valence-electron chi connectivity index (χ0n) is 25.0. The van der Waals surface area contributed by atoms with Crippen molar-refractivity contribution in [3.8, 4) is 34.8 Å². The molecule has 10 nitrogen and oxygen atoms in total. The molecule has 5 atom stereocenters. The van der Waals surface area contributed by atoms with Crippen molar-refractivity contribution in [2.24, 2.45) is 5.92 Å². The number of nitriles is 1. The summed E-state index contributed by atoms with van der Waals surface area (Å²) in [6.45, 7) is 8.00. The Morgan fingerprint density at radius 3 is 2.55 bits per heavy atom. The van der Waals surface area contributed by atoms with Gasteiger partial charge in [0.25, 0.3) is 0 Å². The van der Waals surface area contributed by atoms with Gasteiger partial charge >= 0.3 is 0 Å². The molecule has 4 aliphatic heterocycles. The first-order valence-electron chi connectivity index (χ1n) is 14.3. The Kier molecular flexibility index (Phi) is 8.68. The molecule has 221 valence electrons. The normalized spacial score (nSPS) is 25.5. The van der Waals surface area contributed by atoms with Gasteiger partial charge in [-0.3, -0.25) is 14.6 Å². The number of hydrogen-bond donors (Lipinski definition) is 3. The number of benzene rings is 2. The van der Waals surface area contributed by atoms with Gasteiger partial charge in [0, 0.05) is 91.4 Å². The molecule has 0 aromatic heterocycles. The number of nitrogens with zero attached hydrogens (tertiary/aromatic N) is 3. The minimum atomic E-state index is -0.513. The Bertz CT molecular complexity index is 1470. The number of likely N-dealkylation sites (N-methyl/N-ethyl adjacent to an activating group) is 1. The Labute approximate surface area is 282 Å². The zero-order valence-corrected chi connectivity index (χ0v) is 29.8. The average Bonchev–Trinajstić information content (AvgIpc) is 3.41. The SMILES string of the molecule is COc1c(C)cc2c(c1O)[C@@H]1C3Cc4c(O)c(C)c5c(c4[C@H](CNC(=O)CC(C)C)N3[C@@H](C#N)[C@H](C2)N1C)OCO5.[Ac]. The van der Waals surface area contributed by atoms with Crippen LogP contribution >= 0.6 is 0 Å². The maximum atomic E-state index is 12.9. The predicted octanol–water partition coefficient (Wildman–Crippen LogP) is 3.39. The van der Waals surface area contributed by atoms with E-state index in [1.54, 1.807) is 7.11 Å². The van der Waals surface area contributed by atoms with E-state index in [2.05, 4.69) is 27.3 Å². The third-order valence-corrected chi connectivity index (χ3v) is 9.38. The second kappa shape index (κ2) is 11.7. The molecule has 6 rings (SSSR count). The molecule has 0 saturated carbocycles. The molecule has 4 aliphatic rings. The van der Waals surface area contributed by atoms with Crippen molar-refractivity contribution in [1.82, 2.24) is 15.1 Å². The van der Waals surface area contributed by atoms with E-state index in [9.17, 15) is 20.3 Å². The van der Waals surface area contributed by atoms with E-state index in [-0.39, 0.29) is 98.8 Å². The molecule has 1 unspecified atom stereocenters. The third kappa shape index (κ3) is 4.65. The molecule has 0 spiro atoms. The Morgan fingerprint density at radius 1 is 1.17 bits per heavy atom. The van der Waals surface area contributed by atoms with E-state index in [1.165, 1.54) is 0 Å². The van der Waals surface area contributed by atoms with E-state index in [4.69, 9.17) is 14.2 Å². The van der Waals surface area contributed by atoms with Gasteiger partial charge in [-0.25, -0.2) is 0 Å². The van der Waals surface area contributed by atoms with Gasteiger partial charge in [0.15, 0.2) is 23.0 Å². The molecular weight excluding hydrogens is 751 g/mol. The van der Waals surface area contributed by atoms with Crippen LogP contribution in [-0.4, -0.2) is 71.5 Å². The maximum Gasteiger partial charge on any atom is 0.231 e. The molecule has 1 radical (unpaired) electrons. The first-order chi connectivity index (χ1) is 19.6. The van der Waals surface area contributed by atoms with Gasteiger partial charge in [-0.1, -0.05) is 19.9 Å². The number of carbonyl (C=O) groups excluding carboxylic acids is 1. The number of ether oxygens (including phenoxy) is 3. The standard InChI is InChI=1S/C31H38N4O6.Ac/c1-14(2)7-23(36)33-12-22-25-18(27(37)16(4)30-31(25)41-13-40-30)10-20-26-24-17(8-15(3)29(39-6)28(24)38)9-19(34(26)5)21(11-32)35(20)22;/h8,14,19-22,26,37-38H,7,9-10,12-13H2,1-6H3,(H,33,36);/t19-,20?,21-,22-,26-;/m0./s1. The Balaban J connectivity index is 0.00000353. The minimum absolute atomic E-state index is 0. The fraction of sp³-hybridized carbons (Fsp3) is 0.548. The van der Waals surface area contributed by atoms with Crippen molar-refractivity contribution >= 4 is 5.91 Å². The summed E-state index contributed by atoms with van der Waals surface area (Å²) in [5.74, 6) is 1.90. The van der Waals surface area contributed by atoms with Crippen molar-refractivity contribution < 1.29 is 73.3 Å². The van der Waals surface area contributed by atoms with Crippen molar-refractivity contribution in [1.29, 1.82) is 5.26 Å². The average molecular weight is 790 g/mol. The largest absolute Gasteiger partial charge is 0.507 e. The molecule has 1 saturated heterocycles. The first kappa shape index (κ1) is 31.2. The van der Waals surface area contributed by atoms with Crippen LogP contribution in [0.4, 0.5) is 0 Å². The summed E-state index contributed by atoms with van der Waals surface area (Å²) >= 11 is 0. The van der Waals surface area contributed by atoms with Gasteiger partial charge in [-0.2, -0.15) is 5.26 Å². The smallest absolute Gasteiger partial charge is 0.231 e. The maximum absolute atomic E-state index is 12.9. The summed E-state index contributed by atoms with van der Waals surface area (Å²) in [5.41, 5.74) is 4.74. The summed E-state index contributed by atoms with van der Waals surface area (Å²) in [7, 11) is 3.56. The number of piperazine rings is 1. The van der Waals surface area contributed by atoms with Gasteiger partial charge in [0.05, 0.1) is 25.3 Å². The summed E-state index contributed by atoms with van der Waals surface area (Å²) in [6, 6.07) is 2.96. The summed E-state index contributed by atoms with van der Waals surface area (Å²) in [5, 5.41) is 36.8. The minimum Gasteiger partial charge on any atom is -0.507 e. The first-order valence-corrected chi connectivity index (χ1v) is 14.3. The van der Waals surface area contributed by atoms with Gasteiger partial charge in [-0.15, -0.1) is 0 Å². The Hall–Kier alpha value is -2.24. The summed E-state index contributed by atoms with van der Waals surface area (Å²) < 4.78 is 17.4. The molecule has 11 heteroatoms. The van der Waals surface area contributed by atoms with Crippen LogP contribution in [0.5, 0.6) is 28.7 Å². The number of phenolic OH excluding ortho intramolecular Hbond substituents is 2. The van der Waals surface area contributed by atoms with Crippen LogP contribution in [0, 0.1) is 75.2 Å². The van der Waals surface area contributed by atoms with E-state index in [1.807, 2.05) is 34.7 Å².